The van der Waals surface area contributed by atoms with Crippen LogP contribution >= 0.6 is 0 Å². The fraction of sp³-hybridized carbons (Fsp3) is 0.167. The zero-order chi connectivity index (χ0) is 23.8. The van der Waals surface area contributed by atoms with Crippen molar-refractivity contribution in [3.8, 4) is 22.6 Å². The second kappa shape index (κ2) is 11.1. The van der Waals surface area contributed by atoms with Crippen molar-refractivity contribution in [2.75, 3.05) is 0 Å². The molecule has 0 unspecified atom stereocenters. The standard InChI is InChI=1S/C30H30O3/c1-4-7-21-10-13-24(14-11-21)28(31)17-15-25-18-23(9-6-3)20-27(30(25)33)26-19-22(8-5-2)12-16-29(26)32/h5-6,10-20,32-33H,2-4,7-9H2,1H3. The van der Waals surface area contributed by atoms with Crippen LogP contribution in [0.2, 0.25) is 0 Å². The van der Waals surface area contributed by atoms with Gasteiger partial charge in [-0.15, -0.1) is 13.2 Å². The number of rotatable bonds is 10. The molecule has 0 bridgehead atoms. The Morgan fingerprint density at radius 3 is 2.15 bits per heavy atom. The molecule has 168 valence electrons. The number of hydrogen-bond acceptors (Lipinski definition) is 3. The number of benzene rings is 3. The second-order valence-electron chi connectivity index (χ2n) is 8.06. The summed E-state index contributed by atoms with van der Waals surface area (Å²) in [6.45, 7) is 9.70. The van der Waals surface area contributed by atoms with Crippen molar-refractivity contribution >= 4 is 11.9 Å². The smallest absolute Gasteiger partial charge is 0.185 e. The van der Waals surface area contributed by atoms with E-state index in [1.807, 2.05) is 48.5 Å². The molecule has 33 heavy (non-hydrogen) atoms. The molecule has 0 radical (unpaired) electrons. The van der Waals surface area contributed by atoms with E-state index in [9.17, 15) is 15.0 Å². The molecule has 3 nitrogen and oxygen atoms in total. The van der Waals surface area contributed by atoms with Gasteiger partial charge in [0.15, 0.2) is 5.78 Å². The van der Waals surface area contributed by atoms with E-state index in [2.05, 4.69) is 20.1 Å². The highest BCUT2D eigenvalue weighted by Crippen LogP contribution is 2.39. The molecule has 0 amide bonds. The van der Waals surface area contributed by atoms with Gasteiger partial charge in [-0.1, -0.05) is 55.8 Å². The molecule has 0 aliphatic carbocycles. The number of phenolic OH excluding ortho intramolecular Hbond substituents is 2. The molecule has 0 atom stereocenters. The molecule has 0 saturated carbocycles. The highest BCUT2D eigenvalue weighted by atomic mass is 16.3. The Balaban J connectivity index is 1.99. The Hall–Kier alpha value is -3.85. The molecular weight excluding hydrogens is 408 g/mol. The molecule has 2 N–H and O–H groups in total. The van der Waals surface area contributed by atoms with E-state index < -0.39 is 0 Å². The summed E-state index contributed by atoms with van der Waals surface area (Å²) < 4.78 is 0. The van der Waals surface area contributed by atoms with Crippen molar-refractivity contribution in [2.24, 2.45) is 0 Å². The van der Waals surface area contributed by atoms with E-state index in [1.54, 1.807) is 24.3 Å². The van der Waals surface area contributed by atoms with Crippen LogP contribution in [-0.4, -0.2) is 16.0 Å². The molecule has 0 aliphatic heterocycles. The summed E-state index contributed by atoms with van der Waals surface area (Å²) in [4.78, 5) is 12.7. The lowest BCUT2D eigenvalue weighted by molar-refractivity contribution is 0.104. The molecule has 3 aromatic rings. The fourth-order valence-electron chi connectivity index (χ4n) is 3.81. The maximum Gasteiger partial charge on any atom is 0.185 e. The van der Waals surface area contributed by atoms with E-state index in [0.717, 1.165) is 24.0 Å². The van der Waals surface area contributed by atoms with Crippen molar-refractivity contribution in [1.29, 1.82) is 0 Å². The van der Waals surface area contributed by atoms with Crippen LogP contribution in [0.15, 0.2) is 86.0 Å². The SMILES string of the molecule is C=CCc1ccc(O)c(-c2cc(CC=C)cc(C=CC(=O)c3ccc(CCC)cc3)c2O)c1. The van der Waals surface area contributed by atoms with Crippen LogP contribution < -0.4 is 0 Å². The van der Waals surface area contributed by atoms with Gasteiger partial charge in [-0.3, -0.25) is 4.79 Å². The van der Waals surface area contributed by atoms with E-state index in [0.29, 0.717) is 35.1 Å². The van der Waals surface area contributed by atoms with Gasteiger partial charge in [0.1, 0.15) is 11.5 Å². The molecular formula is C30H30O3. The lowest BCUT2D eigenvalue weighted by atomic mass is 9.94. The summed E-state index contributed by atoms with van der Waals surface area (Å²) in [5, 5.41) is 21.5. The first-order valence-corrected chi connectivity index (χ1v) is 11.2. The minimum Gasteiger partial charge on any atom is -0.507 e. The Kier molecular flexibility index (Phi) is 8.04. The normalized spacial score (nSPS) is 10.9. The zero-order valence-corrected chi connectivity index (χ0v) is 19.1. The first-order chi connectivity index (χ1) is 16.0. The zero-order valence-electron chi connectivity index (χ0n) is 19.1. The van der Waals surface area contributed by atoms with Crippen molar-refractivity contribution in [3.63, 3.8) is 0 Å². The number of allylic oxidation sites excluding steroid dienone is 3. The Bertz CT molecular complexity index is 1180. The van der Waals surface area contributed by atoms with Crippen molar-refractivity contribution in [2.45, 2.75) is 32.6 Å². The highest BCUT2D eigenvalue weighted by molar-refractivity contribution is 6.07. The molecule has 3 rings (SSSR count). The van der Waals surface area contributed by atoms with Gasteiger partial charge < -0.3 is 10.2 Å². The van der Waals surface area contributed by atoms with Gasteiger partial charge in [0, 0.05) is 22.3 Å². The number of hydrogen-bond donors (Lipinski definition) is 2. The quantitative estimate of drug-likeness (QED) is 0.202. The number of aryl methyl sites for hydroxylation is 1. The molecule has 0 aromatic heterocycles. The second-order valence-corrected chi connectivity index (χ2v) is 8.06. The maximum absolute atomic E-state index is 12.7. The lowest BCUT2D eigenvalue weighted by Crippen LogP contribution is -1.95. The average molecular weight is 439 g/mol. The van der Waals surface area contributed by atoms with Gasteiger partial charge in [-0.2, -0.15) is 0 Å². The van der Waals surface area contributed by atoms with Crippen LogP contribution in [0.25, 0.3) is 17.2 Å². The summed E-state index contributed by atoms with van der Waals surface area (Å²) in [5.41, 5.74) is 5.25. The van der Waals surface area contributed by atoms with Gasteiger partial charge in [-0.25, -0.2) is 0 Å². The molecule has 0 spiro atoms. The van der Waals surface area contributed by atoms with Crippen LogP contribution in [0.1, 0.15) is 46.0 Å². The third kappa shape index (κ3) is 5.89. The summed E-state index contributed by atoms with van der Waals surface area (Å²) >= 11 is 0. The highest BCUT2D eigenvalue weighted by Gasteiger charge is 2.14. The number of carbonyl (C=O) groups is 1. The van der Waals surface area contributed by atoms with Crippen molar-refractivity contribution < 1.29 is 15.0 Å². The van der Waals surface area contributed by atoms with Crippen LogP contribution in [0, 0.1) is 0 Å². The van der Waals surface area contributed by atoms with Crippen molar-refractivity contribution in [1.82, 2.24) is 0 Å². The van der Waals surface area contributed by atoms with Gasteiger partial charge in [0.05, 0.1) is 0 Å². The fourth-order valence-corrected chi connectivity index (χ4v) is 3.81. The predicted octanol–water partition coefficient (Wildman–Crippen LogP) is 7.07. The Morgan fingerprint density at radius 2 is 1.48 bits per heavy atom. The molecule has 0 aliphatic rings. The molecule has 3 aromatic carbocycles. The molecule has 3 heteroatoms. The molecule has 0 fully saturated rings. The van der Waals surface area contributed by atoms with Gasteiger partial charge in [0.2, 0.25) is 0 Å². The first-order valence-electron chi connectivity index (χ1n) is 11.2. The third-order valence-electron chi connectivity index (χ3n) is 5.50. The predicted molar refractivity (Wildman–Crippen MR) is 137 cm³/mol. The van der Waals surface area contributed by atoms with E-state index in [-0.39, 0.29) is 17.3 Å². The lowest BCUT2D eigenvalue weighted by Gasteiger charge is -2.13. The summed E-state index contributed by atoms with van der Waals surface area (Å²) in [5.74, 6) is -0.0489. The monoisotopic (exact) mass is 438 g/mol. The number of phenols is 2. The first kappa shape index (κ1) is 23.8. The van der Waals surface area contributed by atoms with E-state index >= 15 is 0 Å². The molecule has 0 heterocycles. The average Bonchev–Trinajstić information content (AvgIpc) is 2.81. The van der Waals surface area contributed by atoms with E-state index in [4.69, 9.17) is 0 Å². The van der Waals surface area contributed by atoms with Crippen LogP contribution in [-0.2, 0) is 19.3 Å². The number of aromatic hydroxyl groups is 2. The third-order valence-corrected chi connectivity index (χ3v) is 5.50. The Morgan fingerprint density at radius 1 is 0.848 bits per heavy atom. The summed E-state index contributed by atoms with van der Waals surface area (Å²) in [6.07, 6.45) is 9.95. The van der Waals surface area contributed by atoms with Gasteiger partial charge >= 0.3 is 0 Å². The minimum absolute atomic E-state index is 0.0104. The number of ketones is 1. The summed E-state index contributed by atoms with van der Waals surface area (Å²) in [6, 6.07) is 16.6. The van der Waals surface area contributed by atoms with E-state index in [1.165, 1.54) is 11.6 Å². The Labute approximate surface area is 196 Å². The van der Waals surface area contributed by atoms with Crippen LogP contribution in [0.5, 0.6) is 11.5 Å². The minimum atomic E-state index is -0.135. The maximum atomic E-state index is 12.7. The van der Waals surface area contributed by atoms with Crippen LogP contribution in [0.3, 0.4) is 0 Å². The largest absolute Gasteiger partial charge is 0.507 e. The van der Waals surface area contributed by atoms with Crippen LogP contribution in [0.4, 0.5) is 0 Å². The topological polar surface area (TPSA) is 57.5 Å². The van der Waals surface area contributed by atoms with Gasteiger partial charge in [0.25, 0.3) is 0 Å². The van der Waals surface area contributed by atoms with Crippen molar-refractivity contribution in [3.05, 3.63) is 114 Å². The van der Waals surface area contributed by atoms with Gasteiger partial charge in [-0.05, 0) is 72.4 Å². The number of carbonyl (C=O) groups excluding carboxylic acids is 1. The molecule has 0 saturated heterocycles. The summed E-state index contributed by atoms with van der Waals surface area (Å²) in [7, 11) is 0.